The van der Waals surface area contributed by atoms with E-state index in [9.17, 15) is 22.8 Å². The van der Waals surface area contributed by atoms with Crippen LogP contribution >= 0.6 is 0 Å². The van der Waals surface area contributed by atoms with E-state index in [4.69, 9.17) is 0 Å². The van der Waals surface area contributed by atoms with E-state index in [0.29, 0.717) is 6.29 Å². The van der Waals surface area contributed by atoms with Gasteiger partial charge in [-0.15, -0.1) is 0 Å². The smallest absolute Gasteiger partial charge is 0.328 e. The van der Waals surface area contributed by atoms with Crippen LogP contribution in [0.15, 0.2) is 41.3 Å². The third kappa shape index (κ3) is 2.73. The highest BCUT2D eigenvalue weighted by atomic mass is 19.4. The fourth-order valence-corrected chi connectivity index (χ4v) is 1.65. The zero-order chi connectivity index (χ0) is 14.0. The summed E-state index contributed by atoms with van der Waals surface area (Å²) in [5.74, 6) is 0. The number of aromatic amines is 1. The van der Waals surface area contributed by atoms with E-state index in [-0.39, 0.29) is 16.7 Å². The summed E-state index contributed by atoms with van der Waals surface area (Å²) < 4.78 is 37.8. The van der Waals surface area contributed by atoms with Crippen molar-refractivity contribution < 1.29 is 18.0 Å². The highest BCUT2D eigenvalue weighted by Crippen LogP contribution is 2.31. The molecule has 1 heterocycles. The van der Waals surface area contributed by atoms with Crippen molar-refractivity contribution in [3.05, 3.63) is 58.0 Å². The fourth-order valence-electron chi connectivity index (χ4n) is 1.65. The van der Waals surface area contributed by atoms with Gasteiger partial charge in [0.25, 0.3) is 5.56 Å². The zero-order valence-corrected chi connectivity index (χ0v) is 9.49. The molecule has 98 valence electrons. The monoisotopic (exact) mass is 267 g/mol. The minimum absolute atomic E-state index is 0.0238. The second-order valence-corrected chi connectivity index (χ2v) is 3.87. The molecule has 0 saturated heterocycles. The molecule has 0 aliphatic heterocycles. The number of aromatic nitrogens is 1. The first-order valence-electron chi connectivity index (χ1n) is 5.27. The van der Waals surface area contributed by atoms with Gasteiger partial charge in [0.1, 0.15) is 0 Å². The second-order valence-electron chi connectivity index (χ2n) is 3.87. The molecule has 1 aromatic carbocycles. The molecule has 2 rings (SSSR count). The lowest BCUT2D eigenvalue weighted by atomic mass is 10.0. The van der Waals surface area contributed by atoms with E-state index >= 15 is 0 Å². The molecule has 0 bridgehead atoms. The standard InChI is InChI=1S/C13H8F3NO2/c14-13(15,16)10-3-1-2-9(5-10)11-4-8(7-18)6-17-12(11)19/h1-7H,(H,17,19). The van der Waals surface area contributed by atoms with E-state index in [2.05, 4.69) is 4.98 Å². The van der Waals surface area contributed by atoms with Crippen molar-refractivity contribution in [2.24, 2.45) is 0 Å². The number of benzene rings is 1. The zero-order valence-electron chi connectivity index (χ0n) is 9.49. The summed E-state index contributed by atoms with van der Waals surface area (Å²) in [5, 5.41) is 0. The molecule has 0 aliphatic rings. The van der Waals surface area contributed by atoms with Gasteiger partial charge in [-0.05, 0) is 23.8 Å². The number of alkyl halides is 3. The Hall–Kier alpha value is -2.37. The first kappa shape index (κ1) is 13.1. The van der Waals surface area contributed by atoms with Gasteiger partial charge in [0.2, 0.25) is 0 Å². The molecule has 3 nitrogen and oxygen atoms in total. The quantitative estimate of drug-likeness (QED) is 0.850. The molecule has 0 unspecified atom stereocenters. The summed E-state index contributed by atoms with van der Waals surface area (Å²) in [7, 11) is 0. The normalized spacial score (nSPS) is 11.3. The summed E-state index contributed by atoms with van der Waals surface area (Å²) in [4.78, 5) is 24.5. The fraction of sp³-hybridized carbons (Fsp3) is 0.0769. The Morgan fingerprint density at radius 1 is 1.16 bits per heavy atom. The van der Waals surface area contributed by atoms with Crippen molar-refractivity contribution in [3.63, 3.8) is 0 Å². The molecule has 0 atom stereocenters. The van der Waals surface area contributed by atoms with Crippen LogP contribution in [0, 0.1) is 0 Å². The molecule has 19 heavy (non-hydrogen) atoms. The van der Waals surface area contributed by atoms with Gasteiger partial charge < -0.3 is 4.98 Å². The molecule has 0 radical (unpaired) electrons. The molecular weight excluding hydrogens is 259 g/mol. The molecule has 1 aromatic heterocycles. The number of hydrogen-bond donors (Lipinski definition) is 1. The van der Waals surface area contributed by atoms with Gasteiger partial charge >= 0.3 is 6.18 Å². The highest BCUT2D eigenvalue weighted by molar-refractivity contribution is 5.78. The summed E-state index contributed by atoms with van der Waals surface area (Å²) in [6, 6.07) is 5.64. The third-order valence-electron chi connectivity index (χ3n) is 2.56. The summed E-state index contributed by atoms with van der Waals surface area (Å²) >= 11 is 0. The predicted octanol–water partition coefficient (Wildman–Crippen LogP) is 2.87. The maximum atomic E-state index is 12.6. The van der Waals surface area contributed by atoms with Crippen molar-refractivity contribution in [3.8, 4) is 11.1 Å². The number of rotatable bonds is 2. The van der Waals surface area contributed by atoms with Crippen LogP contribution in [0.3, 0.4) is 0 Å². The number of nitrogens with one attached hydrogen (secondary N) is 1. The van der Waals surface area contributed by atoms with Crippen molar-refractivity contribution in [2.75, 3.05) is 0 Å². The third-order valence-corrected chi connectivity index (χ3v) is 2.56. The largest absolute Gasteiger partial charge is 0.416 e. The number of halogens is 3. The maximum absolute atomic E-state index is 12.6. The van der Waals surface area contributed by atoms with Gasteiger partial charge in [0.05, 0.1) is 5.56 Å². The highest BCUT2D eigenvalue weighted by Gasteiger charge is 2.30. The van der Waals surface area contributed by atoms with E-state index in [0.717, 1.165) is 12.1 Å². The Morgan fingerprint density at radius 2 is 1.89 bits per heavy atom. The van der Waals surface area contributed by atoms with Gasteiger partial charge in [-0.25, -0.2) is 0 Å². The SMILES string of the molecule is O=Cc1c[nH]c(=O)c(-c2cccc(C(F)(F)F)c2)c1. The van der Waals surface area contributed by atoms with Crippen LogP contribution in [0.4, 0.5) is 13.2 Å². The average molecular weight is 267 g/mol. The first-order valence-corrected chi connectivity index (χ1v) is 5.27. The number of H-pyrrole nitrogens is 1. The predicted molar refractivity (Wildman–Crippen MR) is 62.9 cm³/mol. The molecule has 2 aromatic rings. The minimum Gasteiger partial charge on any atom is -0.328 e. The first-order chi connectivity index (χ1) is 8.91. The van der Waals surface area contributed by atoms with Crippen LogP contribution in [-0.2, 0) is 6.18 Å². The van der Waals surface area contributed by atoms with Crippen molar-refractivity contribution in [1.29, 1.82) is 0 Å². The van der Waals surface area contributed by atoms with Gasteiger partial charge in [-0.3, -0.25) is 9.59 Å². The van der Waals surface area contributed by atoms with Gasteiger partial charge in [0, 0.05) is 17.3 Å². The molecule has 1 N–H and O–H groups in total. The summed E-state index contributed by atoms with van der Waals surface area (Å²) in [5.41, 5.74) is -1.08. The van der Waals surface area contributed by atoms with Crippen LogP contribution in [0.1, 0.15) is 15.9 Å². The van der Waals surface area contributed by atoms with E-state index in [1.165, 1.54) is 24.4 Å². The Bertz CT molecular complexity index is 674. The second kappa shape index (κ2) is 4.72. The molecule has 0 aliphatic carbocycles. The molecule has 0 saturated carbocycles. The molecule has 0 fully saturated rings. The van der Waals surface area contributed by atoms with Crippen LogP contribution in [-0.4, -0.2) is 11.3 Å². The molecular formula is C13H8F3NO2. The lowest BCUT2D eigenvalue weighted by molar-refractivity contribution is -0.137. The van der Waals surface area contributed by atoms with Gasteiger partial charge in [-0.2, -0.15) is 13.2 Å². The lowest BCUT2D eigenvalue weighted by Crippen LogP contribution is -2.10. The molecule has 6 heteroatoms. The molecule has 0 spiro atoms. The average Bonchev–Trinajstić information content (AvgIpc) is 2.38. The van der Waals surface area contributed by atoms with Crippen LogP contribution in [0.2, 0.25) is 0 Å². The van der Waals surface area contributed by atoms with Gasteiger partial charge in [-0.1, -0.05) is 12.1 Å². The van der Waals surface area contributed by atoms with Crippen LogP contribution in [0.25, 0.3) is 11.1 Å². The van der Waals surface area contributed by atoms with Crippen molar-refractivity contribution >= 4 is 6.29 Å². The minimum atomic E-state index is -4.48. The Kier molecular flexibility index (Phi) is 3.25. The van der Waals surface area contributed by atoms with Gasteiger partial charge in [0.15, 0.2) is 6.29 Å². The van der Waals surface area contributed by atoms with Crippen LogP contribution in [0.5, 0.6) is 0 Å². The van der Waals surface area contributed by atoms with Crippen molar-refractivity contribution in [1.82, 2.24) is 4.98 Å². The Morgan fingerprint density at radius 3 is 2.53 bits per heavy atom. The van der Waals surface area contributed by atoms with E-state index in [1.54, 1.807) is 0 Å². The number of hydrogen-bond acceptors (Lipinski definition) is 2. The van der Waals surface area contributed by atoms with E-state index < -0.39 is 17.3 Å². The number of aldehydes is 1. The lowest BCUT2D eigenvalue weighted by Gasteiger charge is -2.08. The summed E-state index contributed by atoms with van der Waals surface area (Å²) in [6.07, 6.45) is -2.77. The Labute approximate surface area is 105 Å². The maximum Gasteiger partial charge on any atom is 0.416 e. The number of pyridine rings is 1. The summed E-state index contributed by atoms with van der Waals surface area (Å²) in [6.45, 7) is 0. The van der Waals surface area contributed by atoms with Crippen molar-refractivity contribution in [2.45, 2.75) is 6.18 Å². The van der Waals surface area contributed by atoms with Crippen LogP contribution < -0.4 is 5.56 Å². The van der Waals surface area contributed by atoms with E-state index in [1.807, 2.05) is 0 Å². The number of carbonyl (C=O) groups excluding carboxylic acids is 1. The Balaban J connectivity index is 2.59. The topological polar surface area (TPSA) is 49.9 Å². The number of carbonyl (C=O) groups is 1. The molecule has 0 amide bonds.